The molecule has 0 aliphatic rings. The fourth-order valence-corrected chi connectivity index (χ4v) is 3.45. The van der Waals surface area contributed by atoms with E-state index in [4.69, 9.17) is 0 Å². The van der Waals surface area contributed by atoms with Crippen LogP contribution in [-0.4, -0.2) is 17.7 Å². The van der Waals surface area contributed by atoms with Crippen LogP contribution in [0.1, 0.15) is 55.6 Å². The second-order valence-electron chi connectivity index (χ2n) is 5.21. The van der Waals surface area contributed by atoms with Gasteiger partial charge in [-0.05, 0) is 39.7 Å². The molecule has 0 aliphatic carbocycles. The van der Waals surface area contributed by atoms with Crippen molar-refractivity contribution in [3.8, 4) is 0 Å². The predicted octanol–water partition coefficient (Wildman–Crippen LogP) is 4.57. The van der Waals surface area contributed by atoms with Gasteiger partial charge in [0.2, 0.25) is 0 Å². The van der Waals surface area contributed by atoms with Crippen LogP contribution in [-0.2, 0) is 12.0 Å². The summed E-state index contributed by atoms with van der Waals surface area (Å²) < 4.78 is 36.9. The first-order valence-corrected chi connectivity index (χ1v) is 7.82. The van der Waals surface area contributed by atoms with Gasteiger partial charge in [-0.25, -0.2) is 4.98 Å². The fraction of sp³-hybridized carbons (Fsp3) is 0.786. The molecule has 0 aromatic carbocycles. The van der Waals surface area contributed by atoms with E-state index < -0.39 is 18.1 Å². The quantitative estimate of drug-likeness (QED) is 0.798. The molecule has 1 unspecified atom stereocenters. The van der Waals surface area contributed by atoms with Gasteiger partial charge in [-0.2, -0.15) is 13.2 Å². The monoisotopic (exact) mass is 308 g/mol. The molecule has 0 saturated carbocycles. The van der Waals surface area contributed by atoms with Gasteiger partial charge in [0, 0.05) is 11.3 Å². The summed E-state index contributed by atoms with van der Waals surface area (Å²) in [6.45, 7) is 8.68. The van der Waals surface area contributed by atoms with Crippen molar-refractivity contribution in [3.05, 3.63) is 15.6 Å². The van der Waals surface area contributed by atoms with Gasteiger partial charge >= 0.3 is 6.18 Å². The summed E-state index contributed by atoms with van der Waals surface area (Å²) in [5, 5.41) is 4.21. The third-order valence-corrected chi connectivity index (χ3v) is 4.68. The zero-order valence-corrected chi connectivity index (χ0v) is 13.3. The molecule has 0 radical (unpaired) electrons. The van der Waals surface area contributed by atoms with Crippen LogP contribution in [0.2, 0.25) is 0 Å². The molecule has 20 heavy (non-hydrogen) atoms. The van der Waals surface area contributed by atoms with Crippen LogP contribution in [0.4, 0.5) is 13.2 Å². The van der Waals surface area contributed by atoms with Gasteiger partial charge in [0.15, 0.2) is 0 Å². The SMILES string of the molecule is CCNC(C)(CCCC(F)(F)F)c1nc(CC)c(C)s1. The zero-order chi connectivity index (χ0) is 15.4. The van der Waals surface area contributed by atoms with Crippen molar-refractivity contribution in [1.82, 2.24) is 10.3 Å². The van der Waals surface area contributed by atoms with Crippen molar-refractivity contribution in [2.45, 2.75) is 65.1 Å². The normalized spacial score (nSPS) is 15.3. The van der Waals surface area contributed by atoms with Gasteiger partial charge in [0.25, 0.3) is 0 Å². The van der Waals surface area contributed by atoms with Crippen LogP contribution in [0, 0.1) is 6.92 Å². The zero-order valence-electron chi connectivity index (χ0n) is 12.5. The Kier molecular flexibility index (Phi) is 6.01. The maximum Gasteiger partial charge on any atom is 0.389 e. The molecular formula is C14H23F3N2S. The molecule has 1 aromatic rings. The molecule has 6 heteroatoms. The third-order valence-electron chi connectivity index (χ3n) is 3.40. The Morgan fingerprint density at radius 3 is 2.30 bits per heavy atom. The topological polar surface area (TPSA) is 24.9 Å². The highest BCUT2D eigenvalue weighted by Gasteiger charge is 2.32. The average molecular weight is 308 g/mol. The summed E-state index contributed by atoms with van der Waals surface area (Å²) in [4.78, 5) is 5.76. The van der Waals surface area contributed by atoms with E-state index in [2.05, 4.69) is 10.3 Å². The second-order valence-corrected chi connectivity index (χ2v) is 6.41. The number of thiazole rings is 1. The Bertz CT molecular complexity index is 429. The number of rotatable bonds is 7. The van der Waals surface area contributed by atoms with E-state index in [1.54, 1.807) is 11.3 Å². The Labute approximate surface area is 122 Å². The summed E-state index contributed by atoms with van der Waals surface area (Å²) >= 11 is 1.59. The van der Waals surface area contributed by atoms with E-state index in [9.17, 15) is 13.2 Å². The van der Waals surface area contributed by atoms with Gasteiger partial charge in [-0.1, -0.05) is 13.8 Å². The minimum Gasteiger partial charge on any atom is -0.306 e. The Hall–Kier alpha value is -0.620. The minimum absolute atomic E-state index is 0.118. The summed E-state index contributed by atoms with van der Waals surface area (Å²) in [7, 11) is 0. The molecule has 0 aliphatic heterocycles. The van der Waals surface area contributed by atoms with E-state index in [-0.39, 0.29) is 6.42 Å². The first-order valence-electron chi connectivity index (χ1n) is 7.00. The number of aromatic nitrogens is 1. The first-order chi connectivity index (χ1) is 9.22. The van der Waals surface area contributed by atoms with Gasteiger partial charge in [0.05, 0.1) is 11.2 Å². The number of aryl methyl sites for hydroxylation is 2. The molecule has 0 fully saturated rings. The largest absolute Gasteiger partial charge is 0.389 e. The smallest absolute Gasteiger partial charge is 0.306 e. The average Bonchev–Trinajstić information content (AvgIpc) is 2.69. The molecule has 0 amide bonds. The van der Waals surface area contributed by atoms with Crippen LogP contribution in [0.5, 0.6) is 0 Å². The van der Waals surface area contributed by atoms with Crippen molar-refractivity contribution in [2.75, 3.05) is 6.54 Å². The Balaban J connectivity index is 2.84. The van der Waals surface area contributed by atoms with Crippen LogP contribution in [0.3, 0.4) is 0 Å². The van der Waals surface area contributed by atoms with E-state index >= 15 is 0 Å². The van der Waals surface area contributed by atoms with Crippen LogP contribution in [0.15, 0.2) is 0 Å². The maximum absolute atomic E-state index is 12.3. The molecule has 1 rings (SSSR count). The molecular weight excluding hydrogens is 285 g/mol. The lowest BCUT2D eigenvalue weighted by atomic mass is 9.95. The van der Waals surface area contributed by atoms with E-state index in [0.29, 0.717) is 13.0 Å². The van der Waals surface area contributed by atoms with E-state index in [1.165, 1.54) is 0 Å². The van der Waals surface area contributed by atoms with Gasteiger partial charge < -0.3 is 5.32 Å². The number of nitrogens with zero attached hydrogens (tertiary/aromatic N) is 1. The Morgan fingerprint density at radius 2 is 1.85 bits per heavy atom. The van der Waals surface area contributed by atoms with Crippen LogP contribution >= 0.6 is 11.3 Å². The van der Waals surface area contributed by atoms with Gasteiger partial charge in [0.1, 0.15) is 5.01 Å². The van der Waals surface area contributed by atoms with Crippen molar-refractivity contribution in [1.29, 1.82) is 0 Å². The number of hydrogen-bond acceptors (Lipinski definition) is 3. The third kappa shape index (κ3) is 4.74. The van der Waals surface area contributed by atoms with Crippen LogP contribution in [0.25, 0.3) is 0 Å². The number of nitrogens with one attached hydrogen (secondary N) is 1. The highest BCUT2D eigenvalue weighted by atomic mass is 32.1. The van der Waals surface area contributed by atoms with Gasteiger partial charge in [-0.15, -0.1) is 11.3 Å². The lowest BCUT2D eigenvalue weighted by Gasteiger charge is -2.28. The van der Waals surface area contributed by atoms with Gasteiger partial charge in [-0.3, -0.25) is 0 Å². The predicted molar refractivity (Wildman–Crippen MR) is 77.2 cm³/mol. The van der Waals surface area contributed by atoms with E-state index in [0.717, 1.165) is 22.0 Å². The molecule has 0 spiro atoms. The molecule has 2 nitrogen and oxygen atoms in total. The molecule has 0 saturated heterocycles. The molecule has 1 heterocycles. The Morgan fingerprint density at radius 1 is 1.20 bits per heavy atom. The fourth-order valence-electron chi connectivity index (χ4n) is 2.30. The number of alkyl halides is 3. The standard InChI is InChI=1S/C14H23F3N2S/c1-5-11-10(3)20-12(19-11)13(4,18-6-2)8-7-9-14(15,16)17/h18H,5-9H2,1-4H3. The van der Waals surface area contributed by atoms with Crippen molar-refractivity contribution in [2.24, 2.45) is 0 Å². The van der Waals surface area contributed by atoms with Crippen molar-refractivity contribution < 1.29 is 13.2 Å². The first kappa shape index (κ1) is 17.4. The second kappa shape index (κ2) is 6.89. The summed E-state index contributed by atoms with van der Waals surface area (Å²) in [5.41, 5.74) is 0.577. The maximum atomic E-state index is 12.3. The molecule has 1 atom stereocenters. The summed E-state index contributed by atoms with van der Waals surface area (Å²) in [6.07, 6.45) is -3.41. The molecule has 1 aromatic heterocycles. The van der Waals surface area contributed by atoms with E-state index in [1.807, 2.05) is 27.7 Å². The number of halogens is 3. The highest BCUT2D eigenvalue weighted by Crippen LogP contribution is 2.34. The highest BCUT2D eigenvalue weighted by molar-refractivity contribution is 7.11. The molecule has 0 bridgehead atoms. The van der Waals surface area contributed by atoms with Crippen molar-refractivity contribution in [3.63, 3.8) is 0 Å². The van der Waals surface area contributed by atoms with Crippen molar-refractivity contribution >= 4 is 11.3 Å². The number of hydrogen-bond donors (Lipinski definition) is 1. The molecule has 116 valence electrons. The lowest BCUT2D eigenvalue weighted by Crippen LogP contribution is -2.39. The lowest BCUT2D eigenvalue weighted by molar-refractivity contribution is -0.136. The summed E-state index contributed by atoms with van der Waals surface area (Å²) in [6, 6.07) is 0. The van der Waals surface area contributed by atoms with Crippen LogP contribution < -0.4 is 5.32 Å². The minimum atomic E-state index is -4.08. The summed E-state index contributed by atoms with van der Waals surface area (Å²) in [5.74, 6) is 0. The molecule has 1 N–H and O–H groups in total.